The van der Waals surface area contributed by atoms with E-state index in [2.05, 4.69) is 56.7 Å². The summed E-state index contributed by atoms with van der Waals surface area (Å²) in [6.07, 6.45) is 0.641. The molecule has 1 aliphatic rings. The largest absolute Gasteiger partial charge is 0.356 e. The number of carbonyl (C=O) groups is 1. The van der Waals surface area contributed by atoms with Crippen LogP contribution in [0.25, 0.3) is 0 Å². The zero-order chi connectivity index (χ0) is 28.3. The molecule has 1 heterocycles. The highest BCUT2D eigenvalue weighted by Gasteiger charge is 2.41. The van der Waals surface area contributed by atoms with E-state index in [4.69, 9.17) is 18.9 Å². The number of piperidine rings is 1. The second kappa shape index (κ2) is 15.3. The lowest BCUT2D eigenvalue weighted by Gasteiger charge is -2.39. The fraction of sp³-hybridized carbons (Fsp3) is 0.581. The predicted molar refractivity (Wildman–Crippen MR) is 163 cm³/mol. The zero-order valence-electron chi connectivity index (χ0n) is 24.8. The summed E-state index contributed by atoms with van der Waals surface area (Å²) in [6, 6.07) is 22.3. The van der Waals surface area contributed by atoms with E-state index < -0.39 is 28.2 Å². The maximum absolute atomic E-state index is 13.6. The number of rotatable bonds is 16. The Morgan fingerprint density at radius 2 is 1.38 bits per heavy atom. The third kappa shape index (κ3) is 11.7. The van der Waals surface area contributed by atoms with Crippen molar-refractivity contribution in [2.45, 2.75) is 82.5 Å². The number of hydrogen-bond donors (Lipinski definition) is 1. The molecular weight excluding hydrogens is 523 g/mol. The van der Waals surface area contributed by atoms with Gasteiger partial charge in [-0.2, -0.15) is 0 Å². The maximum atomic E-state index is 13.6. The summed E-state index contributed by atoms with van der Waals surface area (Å²) in [5.41, 5.74) is 2.14. The summed E-state index contributed by atoms with van der Waals surface area (Å²) in [7, 11) is -2.37. The van der Waals surface area contributed by atoms with Gasteiger partial charge in [0.2, 0.25) is 5.91 Å². The Morgan fingerprint density at radius 3 is 1.97 bits per heavy atom. The molecular formula is C31H49NO5Si2. The van der Waals surface area contributed by atoms with Gasteiger partial charge in [-0.15, -0.1) is 0 Å². The average Bonchev–Trinajstić information content (AvgIpc) is 2.87. The van der Waals surface area contributed by atoms with Crippen LogP contribution in [0.2, 0.25) is 51.4 Å². The van der Waals surface area contributed by atoms with E-state index in [0.717, 1.165) is 17.7 Å². The lowest BCUT2D eigenvalue weighted by atomic mass is 9.83. The Balaban J connectivity index is 1.70. The van der Waals surface area contributed by atoms with Gasteiger partial charge >= 0.3 is 0 Å². The Bertz CT molecular complexity index is 978. The summed E-state index contributed by atoms with van der Waals surface area (Å²) in [4.78, 5) is 13.6. The van der Waals surface area contributed by atoms with Crippen LogP contribution in [0.3, 0.4) is 0 Å². The predicted octanol–water partition coefficient (Wildman–Crippen LogP) is 6.50. The zero-order valence-corrected chi connectivity index (χ0v) is 26.8. The van der Waals surface area contributed by atoms with E-state index in [1.807, 2.05) is 48.5 Å². The van der Waals surface area contributed by atoms with Gasteiger partial charge in [0.05, 0.1) is 24.2 Å². The molecule has 0 aromatic heterocycles. The molecule has 0 spiro atoms. The summed E-state index contributed by atoms with van der Waals surface area (Å²) in [6.45, 7) is 15.8. The Kier molecular flexibility index (Phi) is 12.4. The van der Waals surface area contributed by atoms with Crippen molar-refractivity contribution < 1.29 is 23.7 Å². The van der Waals surface area contributed by atoms with Crippen LogP contribution in [0, 0.1) is 5.92 Å². The van der Waals surface area contributed by atoms with E-state index in [9.17, 15) is 4.79 Å². The number of carbonyl (C=O) groups excluding carboxylic acids is 1. The molecule has 1 N–H and O–H groups in total. The quantitative estimate of drug-likeness (QED) is 0.142. The molecule has 2 aromatic rings. The molecule has 3 rings (SSSR count). The molecule has 6 nitrogen and oxygen atoms in total. The van der Waals surface area contributed by atoms with Crippen molar-refractivity contribution in [1.82, 2.24) is 5.32 Å². The van der Waals surface area contributed by atoms with Crippen LogP contribution in [0.5, 0.6) is 0 Å². The van der Waals surface area contributed by atoms with Gasteiger partial charge < -0.3 is 24.3 Å². The van der Waals surface area contributed by atoms with Crippen molar-refractivity contribution in [1.29, 1.82) is 0 Å². The van der Waals surface area contributed by atoms with Crippen LogP contribution in [0.1, 0.15) is 23.7 Å². The van der Waals surface area contributed by atoms with Gasteiger partial charge in [0, 0.05) is 29.4 Å². The molecule has 1 amide bonds. The molecule has 39 heavy (non-hydrogen) atoms. The van der Waals surface area contributed by atoms with Gasteiger partial charge in [-0.05, 0) is 36.1 Å². The first-order valence-electron chi connectivity index (χ1n) is 14.3. The molecule has 4 atom stereocenters. The molecule has 1 aliphatic heterocycles. The topological polar surface area (TPSA) is 66.0 Å². The molecule has 0 saturated carbocycles. The summed E-state index contributed by atoms with van der Waals surface area (Å²) < 4.78 is 24.4. The van der Waals surface area contributed by atoms with Crippen molar-refractivity contribution in [3.8, 4) is 0 Å². The molecule has 0 aliphatic carbocycles. The third-order valence-electron chi connectivity index (χ3n) is 7.08. The molecule has 1 fully saturated rings. The molecule has 2 aromatic carbocycles. The Hall–Kier alpha value is -1.82. The highest BCUT2D eigenvalue weighted by molar-refractivity contribution is 6.76. The monoisotopic (exact) mass is 571 g/mol. The van der Waals surface area contributed by atoms with Crippen LogP contribution in [-0.4, -0.2) is 61.0 Å². The smallest absolute Gasteiger partial charge is 0.226 e. The molecule has 216 valence electrons. The maximum Gasteiger partial charge on any atom is 0.226 e. The van der Waals surface area contributed by atoms with E-state index in [-0.39, 0.29) is 31.6 Å². The number of amides is 1. The van der Waals surface area contributed by atoms with E-state index in [0.29, 0.717) is 26.1 Å². The molecule has 0 bridgehead atoms. The number of hydrogen-bond acceptors (Lipinski definition) is 5. The average molecular weight is 572 g/mol. The van der Waals surface area contributed by atoms with Crippen LogP contribution >= 0.6 is 0 Å². The van der Waals surface area contributed by atoms with E-state index in [1.165, 1.54) is 5.56 Å². The second-order valence-electron chi connectivity index (χ2n) is 13.0. The van der Waals surface area contributed by atoms with Crippen molar-refractivity contribution in [3.05, 3.63) is 71.8 Å². The molecule has 0 radical (unpaired) electrons. The van der Waals surface area contributed by atoms with Gasteiger partial charge in [0.1, 0.15) is 13.6 Å². The lowest BCUT2D eigenvalue weighted by molar-refractivity contribution is -0.160. The summed E-state index contributed by atoms with van der Waals surface area (Å²) >= 11 is 0. The van der Waals surface area contributed by atoms with Crippen molar-refractivity contribution >= 4 is 22.1 Å². The fourth-order valence-corrected chi connectivity index (χ4v) is 6.13. The summed E-state index contributed by atoms with van der Waals surface area (Å²) in [5.74, 6) is -0.404. The SMILES string of the molecule is C[Si](C)(C)CCOCOC1CC(C(OCOCC[Si](C)(C)C)c2ccccc2)C(=O)NC1Cc1ccccc1. The van der Waals surface area contributed by atoms with Gasteiger partial charge in [-0.25, -0.2) is 0 Å². The number of ether oxygens (including phenoxy) is 4. The van der Waals surface area contributed by atoms with E-state index in [1.54, 1.807) is 0 Å². The highest BCUT2D eigenvalue weighted by atomic mass is 28.3. The minimum absolute atomic E-state index is 0.00798. The van der Waals surface area contributed by atoms with Gasteiger partial charge in [0.15, 0.2) is 0 Å². The Morgan fingerprint density at radius 1 is 0.821 bits per heavy atom. The number of nitrogens with one attached hydrogen (secondary N) is 1. The number of benzene rings is 2. The van der Waals surface area contributed by atoms with Gasteiger partial charge in [-0.1, -0.05) is 99.9 Å². The van der Waals surface area contributed by atoms with E-state index >= 15 is 0 Å². The molecule has 4 unspecified atom stereocenters. The molecule has 1 saturated heterocycles. The van der Waals surface area contributed by atoms with Gasteiger partial charge in [-0.3, -0.25) is 4.79 Å². The second-order valence-corrected chi connectivity index (χ2v) is 24.3. The molecule has 8 heteroatoms. The first-order chi connectivity index (χ1) is 18.5. The first kappa shape index (κ1) is 31.7. The van der Waals surface area contributed by atoms with Crippen LogP contribution in [0.4, 0.5) is 0 Å². The highest BCUT2D eigenvalue weighted by Crippen LogP contribution is 2.34. The minimum Gasteiger partial charge on any atom is -0.356 e. The van der Waals surface area contributed by atoms with Crippen molar-refractivity contribution in [3.63, 3.8) is 0 Å². The van der Waals surface area contributed by atoms with Crippen molar-refractivity contribution in [2.75, 3.05) is 26.8 Å². The van der Waals surface area contributed by atoms with Crippen LogP contribution < -0.4 is 5.32 Å². The normalized spacial score (nSPS) is 21.0. The minimum atomic E-state index is -1.19. The third-order valence-corrected chi connectivity index (χ3v) is 10.5. The summed E-state index contributed by atoms with van der Waals surface area (Å²) in [5, 5.41) is 3.27. The Labute approximate surface area is 237 Å². The fourth-order valence-electron chi connectivity index (χ4n) is 4.62. The van der Waals surface area contributed by atoms with Crippen molar-refractivity contribution in [2.24, 2.45) is 5.92 Å². The standard InChI is InChI=1S/C31H49NO5Si2/c1-38(2,3)19-17-34-23-36-29-22-27(31(33)32-28(29)21-25-13-9-7-10-14-25)30(26-15-11-8-12-16-26)37-24-35-18-20-39(4,5)6/h7-16,27-30H,17-24H2,1-6H3,(H,32,33). The van der Waals surface area contributed by atoms with Crippen LogP contribution in [0.15, 0.2) is 60.7 Å². The van der Waals surface area contributed by atoms with Gasteiger partial charge in [0.25, 0.3) is 0 Å². The lowest BCUT2D eigenvalue weighted by Crippen LogP contribution is -2.55. The van der Waals surface area contributed by atoms with Crippen LogP contribution in [-0.2, 0) is 30.2 Å². The first-order valence-corrected chi connectivity index (χ1v) is 21.7.